The van der Waals surface area contributed by atoms with Gasteiger partial charge in [0.15, 0.2) is 11.9 Å². The van der Waals surface area contributed by atoms with Gasteiger partial charge < -0.3 is 13.9 Å². The van der Waals surface area contributed by atoms with Crippen LogP contribution in [0.4, 0.5) is 15.6 Å². The fourth-order valence-electron chi connectivity index (χ4n) is 1.99. The zero-order valence-corrected chi connectivity index (χ0v) is 15.7. The van der Waals surface area contributed by atoms with Crippen molar-refractivity contribution in [3.63, 3.8) is 0 Å². The number of carbonyl (C=O) groups is 3. The molecule has 140 valence electrons. The number of imide groups is 1. The maximum Gasteiger partial charge on any atom is 0.428 e. The summed E-state index contributed by atoms with van der Waals surface area (Å²) in [5.74, 6) is 0. The van der Waals surface area contributed by atoms with E-state index in [-0.39, 0.29) is 22.7 Å². The van der Waals surface area contributed by atoms with E-state index in [0.717, 1.165) is 0 Å². The summed E-state index contributed by atoms with van der Waals surface area (Å²) in [5.41, 5.74) is -0.948. The number of amides is 2. The van der Waals surface area contributed by atoms with Crippen molar-refractivity contribution in [1.29, 1.82) is 0 Å². The fourth-order valence-corrected chi connectivity index (χ4v) is 1.99. The molecule has 1 aromatic heterocycles. The molecular formula is C18H22N2O6. The predicted octanol–water partition coefficient (Wildman–Crippen LogP) is 4.32. The van der Waals surface area contributed by atoms with Crippen molar-refractivity contribution in [3.05, 3.63) is 23.8 Å². The molecule has 0 aliphatic carbocycles. The van der Waals surface area contributed by atoms with E-state index in [2.05, 4.69) is 4.98 Å². The number of oxazole rings is 1. The minimum atomic E-state index is -0.994. The van der Waals surface area contributed by atoms with Crippen LogP contribution in [0.3, 0.4) is 0 Å². The van der Waals surface area contributed by atoms with Crippen LogP contribution in [-0.2, 0) is 9.47 Å². The number of aromatic nitrogens is 1. The smallest absolute Gasteiger partial charge is 0.428 e. The molecule has 8 heteroatoms. The zero-order chi connectivity index (χ0) is 19.7. The van der Waals surface area contributed by atoms with Gasteiger partial charge in [-0.2, -0.15) is 4.98 Å². The Bertz CT molecular complexity index is 813. The van der Waals surface area contributed by atoms with Crippen LogP contribution >= 0.6 is 0 Å². The van der Waals surface area contributed by atoms with Crippen molar-refractivity contribution in [2.24, 2.45) is 0 Å². The van der Waals surface area contributed by atoms with Crippen molar-refractivity contribution in [3.8, 4) is 0 Å². The van der Waals surface area contributed by atoms with Crippen LogP contribution in [0.2, 0.25) is 0 Å². The molecule has 0 fully saturated rings. The molecule has 1 heterocycles. The molecule has 0 aliphatic heterocycles. The van der Waals surface area contributed by atoms with Crippen LogP contribution in [-0.4, -0.2) is 34.7 Å². The molecule has 0 saturated heterocycles. The maximum absolute atomic E-state index is 12.6. The molecule has 2 aromatic rings. The van der Waals surface area contributed by atoms with E-state index in [4.69, 9.17) is 13.9 Å². The van der Waals surface area contributed by atoms with E-state index in [9.17, 15) is 14.4 Å². The molecule has 0 unspecified atom stereocenters. The van der Waals surface area contributed by atoms with E-state index >= 15 is 0 Å². The van der Waals surface area contributed by atoms with Gasteiger partial charge in [-0.25, -0.2) is 9.59 Å². The Morgan fingerprint density at radius 2 is 1.58 bits per heavy atom. The highest BCUT2D eigenvalue weighted by atomic mass is 16.6. The standard InChI is InChI=1S/C18H22N2O6/c1-17(2,3)25-15(22)20(16(23)26-18(4,5)6)14-19-13-11(10-21)8-7-9-12(13)24-14/h7-10H,1-6H3. The van der Waals surface area contributed by atoms with Crippen molar-refractivity contribution in [1.82, 2.24) is 4.98 Å². The zero-order valence-electron chi connectivity index (χ0n) is 15.7. The Morgan fingerprint density at radius 1 is 1.04 bits per heavy atom. The molecule has 0 bridgehead atoms. The van der Waals surface area contributed by atoms with Crippen molar-refractivity contribution in [2.45, 2.75) is 52.7 Å². The summed E-state index contributed by atoms with van der Waals surface area (Å²) in [4.78, 5) is 41.0. The summed E-state index contributed by atoms with van der Waals surface area (Å²) in [6, 6.07) is 4.39. The number of hydrogen-bond donors (Lipinski definition) is 0. The second kappa shape index (κ2) is 6.78. The molecule has 0 atom stereocenters. The summed E-state index contributed by atoms with van der Waals surface area (Å²) >= 11 is 0. The third-order valence-electron chi connectivity index (χ3n) is 2.91. The summed E-state index contributed by atoms with van der Waals surface area (Å²) in [6.07, 6.45) is -1.38. The summed E-state index contributed by atoms with van der Waals surface area (Å²) in [5, 5.41) is 0. The van der Waals surface area contributed by atoms with E-state index < -0.39 is 23.4 Å². The maximum atomic E-state index is 12.6. The van der Waals surface area contributed by atoms with Gasteiger partial charge in [0.1, 0.15) is 16.7 Å². The average molecular weight is 362 g/mol. The van der Waals surface area contributed by atoms with E-state index in [1.165, 1.54) is 0 Å². The van der Waals surface area contributed by atoms with Gasteiger partial charge in [-0.05, 0) is 53.7 Å². The first-order chi connectivity index (χ1) is 11.9. The number of nitrogens with zero attached hydrogens (tertiary/aromatic N) is 2. The minimum absolute atomic E-state index is 0.231. The summed E-state index contributed by atoms with van der Waals surface area (Å²) < 4.78 is 16.0. The number of benzene rings is 1. The number of carbonyl (C=O) groups excluding carboxylic acids is 3. The Morgan fingerprint density at radius 3 is 2.04 bits per heavy atom. The number of hydrogen-bond acceptors (Lipinski definition) is 7. The molecule has 0 saturated carbocycles. The molecule has 2 rings (SSSR count). The highest BCUT2D eigenvalue weighted by molar-refractivity contribution is 6.08. The van der Waals surface area contributed by atoms with Crippen LogP contribution in [0.1, 0.15) is 51.9 Å². The van der Waals surface area contributed by atoms with E-state index in [1.54, 1.807) is 59.7 Å². The monoisotopic (exact) mass is 362 g/mol. The third kappa shape index (κ3) is 4.59. The van der Waals surface area contributed by atoms with Gasteiger partial charge in [-0.15, -0.1) is 4.90 Å². The van der Waals surface area contributed by atoms with E-state index in [1.807, 2.05) is 0 Å². The Labute approximate surface area is 151 Å². The minimum Gasteiger partial charge on any atom is -0.443 e. The molecular weight excluding hydrogens is 340 g/mol. The average Bonchev–Trinajstić information content (AvgIpc) is 2.86. The van der Waals surface area contributed by atoms with Gasteiger partial charge in [0.05, 0.1) is 0 Å². The van der Waals surface area contributed by atoms with Crippen molar-refractivity contribution in [2.75, 3.05) is 4.90 Å². The Balaban J connectivity index is 2.51. The Kier molecular flexibility index (Phi) is 5.06. The molecule has 0 spiro atoms. The quantitative estimate of drug-likeness (QED) is 0.734. The first kappa shape index (κ1) is 19.4. The van der Waals surface area contributed by atoms with Gasteiger partial charge in [0, 0.05) is 5.56 Å². The molecule has 26 heavy (non-hydrogen) atoms. The van der Waals surface area contributed by atoms with Crippen LogP contribution in [0, 0.1) is 0 Å². The number of para-hydroxylation sites is 1. The fraction of sp³-hybridized carbons (Fsp3) is 0.444. The van der Waals surface area contributed by atoms with Crippen LogP contribution in [0.15, 0.2) is 22.6 Å². The normalized spacial score (nSPS) is 11.9. The van der Waals surface area contributed by atoms with Crippen LogP contribution < -0.4 is 4.90 Å². The first-order valence-electron chi connectivity index (χ1n) is 8.02. The van der Waals surface area contributed by atoms with Gasteiger partial charge in [0.25, 0.3) is 0 Å². The number of aldehydes is 1. The lowest BCUT2D eigenvalue weighted by atomic mass is 10.2. The predicted molar refractivity (Wildman–Crippen MR) is 94.3 cm³/mol. The number of fused-ring (bicyclic) bond motifs is 1. The number of ether oxygens (including phenoxy) is 2. The highest BCUT2D eigenvalue weighted by Crippen LogP contribution is 2.27. The van der Waals surface area contributed by atoms with Gasteiger partial charge in [-0.3, -0.25) is 4.79 Å². The van der Waals surface area contributed by atoms with Crippen LogP contribution in [0.5, 0.6) is 0 Å². The molecule has 0 aliphatic rings. The number of rotatable bonds is 2. The molecule has 0 N–H and O–H groups in total. The lowest BCUT2D eigenvalue weighted by Gasteiger charge is -2.26. The topological polar surface area (TPSA) is 98.9 Å². The van der Waals surface area contributed by atoms with Gasteiger partial charge >= 0.3 is 18.2 Å². The molecule has 8 nitrogen and oxygen atoms in total. The first-order valence-corrected chi connectivity index (χ1v) is 8.02. The van der Waals surface area contributed by atoms with Crippen molar-refractivity contribution >= 4 is 35.6 Å². The number of anilines is 1. The Hall–Kier alpha value is -2.90. The molecule has 1 aromatic carbocycles. The largest absolute Gasteiger partial charge is 0.443 e. The van der Waals surface area contributed by atoms with Gasteiger partial charge in [-0.1, -0.05) is 6.07 Å². The van der Waals surface area contributed by atoms with Gasteiger partial charge in [0.2, 0.25) is 0 Å². The highest BCUT2D eigenvalue weighted by Gasteiger charge is 2.36. The van der Waals surface area contributed by atoms with Crippen molar-refractivity contribution < 1.29 is 28.3 Å². The molecule has 0 radical (unpaired) electrons. The van der Waals surface area contributed by atoms with Crippen LogP contribution in [0.25, 0.3) is 11.1 Å². The summed E-state index contributed by atoms with van der Waals surface area (Å²) in [7, 11) is 0. The lowest BCUT2D eigenvalue weighted by molar-refractivity contribution is 0.0420. The van der Waals surface area contributed by atoms with E-state index in [0.29, 0.717) is 11.2 Å². The second-order valence-corrected chi connectivity index (χ2v) is 7.60. The second-order valence-electron chi connectivity index (χ2n) is 7.60. The molecule has 2 amide bonds. The third-order valence-corrected chi connectivity index (χ3v) is 2.91. The summed E-state index contributed by atoms with van der Waals surface area (Å²) in [6.45, 7) is 9.97. The SMILES string of the molecule is CC(C)(C)OC(=O)N(C(=O)OC(C)(C)C)c1nc2c(C=O)cccc2o1. The lowest BCUT2D eigenvalue weighted by Crippen LogP contribution is -2.44.